The molecule has 4 heteroatoms. The van der Waals surface area contributed by atoms with E-state index in [4.69, 9.17) is 0 Å². The summed E-state index contributed by atoms with van der Waals surface area (Å²) in [6.45, 7) is 2.11. The average Bonchev–Trinajstić information content (AvgIpc) is 2.21. The number of aromatic amines is 1. The molecule has 0 radical (unpaired) electrons. The second kappa shape index (κ2) is 4.14. The van der Waals surface area contributed by atoms with Gasteiger partial charge in [-0.3, -0.25) is 9.78 Å². The minimum atomic E-state index is -0.101. The predicted molar refractivity (Wildman–Crippen MR) is 64.1 cm³/mol. The molecule has 2 aromatic rings. The van der Waals surface area contributed by atoms with Gasteiger partial charge in [0.15, 0.2) is 0 Å². The number of nitrogens with one attached hydrogen (secondary N) is 1. The van der Waals surface area contributed by atoms with E-state index in [0.717, 1.165) is 29.4 Å². The van der Waals surface area contributed by atoms with Crippen molar-refractivity contribution in [2.45, 2.75) is 19.8 Å². The van der Waals surface area contributed by atoms with E-state index in [1.165, 1.54) is 0 Å². The van der Waals surface area contributed by atoms with Crippen LogP contribution in [-0.2, 0) is 6.42 Å². The van der Waals surface area contributed by atoms with Crippen molar-refractivity contribution < 1.29 is 0 Å². The van der Waals surface area contributed by atoms with Gasteiger partial charge in [-0.25, -0.2) is 0 Å². The average molecular weight is 267 g/mol. The minimum absolute atomic E-state index is 0.101. The third-order valence-electron chi connectivity index (χ3n) is 2.30. The second-order valence-electron chi connectivity index (χ2n) is 3.42. The van der Waals surface area contributed by atoms with Gasteiger partial charge in [-0.2, -0.15) is 0 Å². The van der Waals surface area contributed by atoms with Gasteiger partial charge >= 0.3 is 0 Å². The molecule has 3 nitrogen and oxygen atoms in total. The van der Waals surface area contributed by atoms with Crippen LogP contribution in [0.3, 0.4) is 0 Å². The van der Waals surface area contributed by atoms with Crippen LogP contribution in [0.5, 0.6) is 0 Å². The Morgan fingerprint density at radius 2 is 2.33 bits per heavy atom. The van der Waals surface area contributed by atoms with E-state index in [-0.39, 0.29) is 5.56 Å². The van der Waals surface area contributed by atoms with Crippen LogP contribution in [-0.4, -0.2) is 9.97 Å². The number of pyridine rings is 2. The number of hydrogen-bond donors (Lipinski definition) is 1. The Kier molecular flexibility index (Phi) is 2.86. The van der Waals surface area contributed by atoms with Gasteiger partial charge in [0, 0.05) is 17.3 Å². The Labute approximate surface area is 95.7 Å². The number of aryl methyl sites for hydroxylation is 1. The molecule has 0 aliphatic heterocycles. The van der Waals surface area contributed by atoms with Crippen molar-refractivity contribution >= 4 is 26.8 Å². The lowest BCUT2D eigenvalue weighted by Crippen LogP contribution is -2.07. The Balaban J connectivity index is 2.74. The van der Waals surface area contributed by atoms with Crippen LogP contribution in [0, 0.1) is 0 Å². The molecule has 0 atom stereocenters. The second-order valence-corrected chi connectivity index (χ2v) is 4.27. The fourth-order valence-corrected chi connectivity index (χ4v) is 1.92. The smallest absolute Gasteiger partial charge is 0.262 e. The van der Waals surface area contributed by atoms with E-state index < -0.39 is 0 Å². The molecule has 0 saturated heterocycles. The first-order valence-corrected chi connectivity index (χ1v) is 5.68. The van der Waals surface area contributed by atoms with Crippen LogP contribution in [0.2, 0.25) is 0 Å². The molecular formula is C11H11BrN2O. The molecule has 15 heavy (non-hydrogen) atoms. The number of H-pyrrole nitrogens is 1. The molecule has 0 unspecified atom stereocenters. The summed E-state index contributed by atoms with van der Waals surface area (Å²) < 4.78 is 0.556. The Morgan fingerprint density at radius 1 is 1.53 bits per heavy atom. The number of fused-ring (bicyclic) bond motifs is 1. The van der Waals surface area contributed by atoms with Crippen molar-refractivity contribution in [3.63, 3.8) is 0 Å². The highest BCUT2D eigenvalue weighted by Crippen LogP contribution is 2.17. The molecule has 78 valence electrons. The van der Waals surface area contributed by atoms with E-state index in [1.54, 1.807) is 6.20 Å². The summed E-state index contributed by atoms with van der Waals surface area (Å²) in [5.74, 6) is 0. The summed E-state index contributed by atoms with van der Waals surface area (Å²) in [7, 11) is 0. The fraction of sp³-hybridized carbons (Fsp3) is 0.273. The standard InChI is InChI=1S/C11H11BrN2O/c1-2-3-9-7-6-8(12)11(15)14-10(7)4-5-13-9/h4-6H,2-3H2,1H3,(H,14,15). The van der Waals surface area contributed by atoms with Gasteiger partial charge in [0.05, 0.1) is 9.99 Å². The molecule has 0 fully saturated rings. The maximum atomic E-state index is 11.4. The first-order valence-electron chi connectivity index (χ1n) is 4.88. The Morgan fingerprint density at radius 3 is 3.07 bits per heavy atom. The van der Waals surface area contributed by atoms with E-state index in [1.807, 2.05) is 12.1 Å². The molecule has 1 N–H and O–H groups in total. The zero-order chi connectivity index (χ0) is 10.8. The van der Waals surface area contributed by atoms with Gasteiger partial charge in [0.25, 0.3) is 5.56 Å². The molecule has 2 rings (SSSR count). The lowest BCUT2D eigenvalue weighted by molar-refractivity contribution is 0.892. The highest BCUT2D eigenvalue weighted by atomic mass is 79.9. The molecule has 0 saturated carbocycles. The van der Waals surface area contributed by atoms with Gasteiger partial charge in [-0.1, -0.05) is 13.3 Å². The van der Waals surface area contributed by atoms with E-state index >= 15 is 0 Å². The van der Waals surface area contributed by atoms with Crippen LogP contribution in [0.4, 0.5) is 0 Å². The summed E-state index contributed by atoms with van der Waals surface area (Å²) in [5.41, 5.74) is 1.78. The topological polar surface area (TPSA) is 45.8 Å². The molecule has 0 spiro atoms. The normalized spacial score (nSPS) is 10.8. The van der Waals surface area contributed by atoms with Crippen LogP contribution in [0.15, 0.2) is 27.6 Å². The van der Waals surface area contributed by atoms with Crippen molar-refractivity contribution in [2.24, 2.45) is 0 Å². The predicted octanol–water partition coefficient (Wildman–Crippen LogP) is 2.64. The van der Waals surface area contributed by atoms with E-state index in [0.29, 0.717) is 4.47 Å². The molecule has 0 amide bonds. The molecule has 0 aliphatic carbocycles. The maximum absolute atomic E-state index is 11.4. The summed E-state index contributed by atoms with van der Waals surface area (Å²) in [5, 5.41) is 1.02. The van der Waals surface area contributed by atoms with Gasteiger partial charge in [0.2, 0.25) is 0 Å². The summed E-state index contributed by atoms with van der Waals surface area (Å²) >= 11 is 3.23. The van der Waals surface area contributed by atoms with E-state index in [9.17, 15) is 4.79 Å². The van der Waals surface area contributed by atoms with Crippen LogP contribution in [0.25, 0.3) is 10.9 Å². The van der Waals surface area contributed by atoms with Gasteiger partial charge < -0.3 is 4.98 Å². The third kappa shape index (κ3) is 1.95. The number of halogens is 1. The highest BCUT2D eigenvalue weighted by Gasteiger charge is 2.04. The first kappa shape index (κ1) is 10.4. The minimum Gasteiger partial charge on any atom is -0.321 e. The molecular weight excluding hydrogens is 256 g/mol. The SMILES string of the molecule is CCCc1nccc2[nH]c(=O)c(Br)cc12. The zero-order valence-electron chi connectivity index (χ0n) is 8.38. The Bertz CT molecular complexity index is 548. The number of aromatic nitrogens is 2. The molecule has 2 aromatic heterocycles. The largest absolute Gasteiger partial charge is 0.321 e. The summed E-state index contributed by atoms with van der Waals surface area (Å²) in [6.07, 6.45) is 3.70. The van der Waals surface area contributed by atoms with Crippen molar-refractivity contribution in [1.82, 2.24) is 9.97 Å². The fourth-order valence-electron chi connectivity index (χ4n) is 1.60. The Hall–Kier alpha value is -1.16. The van der Waals surface area contributed by atoms with Crippen molar-refractivity contribution in [3.8, 4) is 0 Å². The van der Waals surface area contributed by atoms with Gasteiger partial charge in [0.1, 0.15) is 0 Å². The van der Waals surface area contributed by atoms with Crippen LogP contribution in [0.1, 0.15) is 19.0 Å². The van der Waals surface area contributed by atoms with Crippen LogP contribution >= 0.6 is 15.9 Å². The number of hydrogen-bond acceptors (Lipinski definition) is 2. The number of rotatable bonds is 2. The van der Waals surface area contributed by atoms with E-state index in [2.05, 4.69) is 32.8 Å². The summed E-state index contributed by atoms with van der Waals surface area (Å²) in [4.78, 5) is 18.5. The lowest BCUT2D eigenvalue weighted by Gasteiger charge is -2.04. The van der Waals surface area contributed by atoms with Crippen molar-refractivity contribution in [2.75, 3.05) is 0 Å². The molecule has 0 aliphatic rings. The number of nitrogens with zero attached hydrogens (tertiary/aromatic N) is 1. The van der Waals surface area contributed by atoms with Gasteiger partial charge in [-0.15, -0.1) is 0 Å². The lowest BCUT2D eigenvalue weighted by atomic mass is 10.1. The summed E-state index contributed by atoms with van der Waals surface area (Å²) in [6, 6.07) is 3.66. The van der Waals surface area contributed by atoms with Gasteiger partial charge in [-0.05, 0) is 34.5 Å². The monoisotopic (exact) mass is 266 g/mol. The third-order valence-corrected chi connectivity index (χ3v) is 2.88. The molecule has 0 bridgehead atoms. The maximum Gasteiger partial charge on any atom is 0.262 e. The zero-order valence-corrected chi connectivity index (χ0v) is 9.97. The quantitative estimate of drug-likeness (QED) is 0.909. The molecule has 0 aromatic carbocycles. The first-order chi connectivity index (χ1) is 7.22. The van der Waals surface area contributed by atoms with Crippen LogP contribution < -0.4 is 5.56 Å². The van der Waals surface area contributed by atoms with Crippen molar-refractivity contribution in [1.29, 1.82) is 0 Å². The van der Waals surface area contributed by atoms with Crippen molar-refractivity contribution in [3.05, 3.63) is 38.9 Å². The molecule has 2 heterocycles. The highest BCUT2D eigenvalue weighted by molar-refractivity contribution is 9.10.